The maximum Gasteiger partial charge on any atom is 0.220 e. The van der Waals surface area contributed by atoms with Crippen LogP contribution in [0.15, 0.2) is 59.5 Å². The third-order valence-electron chi connectivity index (χ3n) is 3.53. The maximum absolute atomic E-state index is 11.8. The molecule has 2 aromatic rings. The third-order valence-corrected chi connectivity index (χ3v) is 4.54. The number of amides is 1. The fourth-order valence-corrected chi connectivity index (χ4v) is 3.05. The van der Waals surface area contributed by atoms with E-state index in [1.165, 1.54) is 16.1 Å². The van der Waals surface area contributed by atoms with E-state index in [1.54, 1.807) is 11.8 Å². The van der Waals surface area contributed by atoms with Gasteiger partial charge in [0.05, 0.1) is 0 Å². The molecule has 0 aliphatic heterocycles. The molecule has 0 saturated heterocycles. The first kappa shape index (κ1) is 17.4. The van der Waals surface area contributed by atoms with Gasteiger partial charge < -0.3 is 10.2 Å². The molecule has 0 spiro atoms. The largest absolute Gasteiger partial charge is 0.378 e. The molecule has 122 valence electrons. The highest BCUT2D eigenvalue weighted by Crippen LogP contribution is 2.17. The van der Waals surface area contributed by atoms with E-state index in [1.807, 2.05) is 32.3 Å². The molecule has 0 radical (unpaired) electrons. The van der Waals surface area contributed by atoms with Crippen LogP contribution in [-0.2, 0) is 11.2 Å². The smallest absolute Gasteiger partial charge is 0.220 e. The van der Waals surface area contributed by atoms with Crippen LogP contribution in [-0.4, -0.2) is 32.3 Å². The Morgan fingerprint density at radius 1 is 1.04 bits per heavy atom. The van der Waals surface area contributed by atoms with Gasteiger partial charge in [0.25, 0.3) is 0 Å². The van der Waals surface area contributed by atoms with Crippen molar-refractivity contribution < 1.29 is 4.79 Å². The van der Waals surface area contributed by atoms with Gasteiger partial charge in [-0.3, -0.25) is 4.79 Å². The van der Waals surface area contributed by atoms with Gasteiger partial charge in [0.2, 0.25) is 5.91 Å². The summed E-state index contributed by atoms with van der Waals surface area (Å²) in [6, 6.07) is 18.6. The van der Waals surface area contributed by atoms with Crippen LogP contribution < -0.4 is 10.2 Å². The van der Waals surface area contributed by atoms with Crippen molar-refractivity contribution in [2.24, 2.45) is 0 Å². The summed E-state index contributed by atoms with van der Waals surface area (Å²) in [4.78, 5) is 15.1. The van der Waals surface area contributed by atoms with Crippen molar-refractivity contribution in [3.8, 4) is 0 Å². The lowest BCUT2D eigenvalue weighted by Crippen LogP contribution is -2.25. The van der Waals surface area contributed by atoms with Crippen LogP contribution in [0.3, 0.4) is 0 Å². The van der Waals surface area contributed by atoms with Crippen molar-refractivity contribution in [1.82, 2.24) is 5.32 Å². The Morgan fingerprint density at radius 2 is 1.74 bits per heavy atom. The van der Waals surface area contributed by atoms with Crippen molar-refractivity contribution in [3.63, 3.8) is 0 Å². The number of carbonyl (C=O) groups is 1. The summed E-state index contributed by atoms with van der Waals surface area (Å²) < 4.78 is 0. The minimum absolute atomic E-state index is 0.123. The number of hydrogen-bond donors (Lipinski definition) is 1. The quantitative estimate of drug-likeness (QED) is 0.752. The molecule has 3 nitrogen and oxygen atoms in total. The van der Waals surface area contributed by atoms with Crippen LogP contribution in [0.4, 0.5) is 5.69 Å². The Labute approximate surface area is 143 Å². The van der Waals surface area contributed by atoms with Crippen molar-refractivity contribution >= 4 is 23.4 Å². The Morgan fingerprint density at radius 3 is 2.39 bits per heavy atom. The van der Waals surface area contributed by atoms with Crippen LogP contribution in [0.5, 0.6) is 0 Å². The van der Waals surface area contributed by atoms with Crippen molar-refractivity contribution in [2.45, 2.75) is 17.7 Å². The van der Waals surface area contributed by atoms with Gasteiger partial charge in [-0.1, -0.05) is 30.3 Å². The van der Waals surface area contributed by atoms with Gasteiger partial charge in [-0.2, -0.15) is 0 Å². The predicted molar refractivity (Wildman–Crippen MR) is 99.3 cm³/mol. The molecule has 0 bridgehead atoms. The second kappa shape index (κ2) is 9.26. The van der Waals surface area contributed by atoms with Gasteiger partial charge in [0.15, 0.2) is 0 Å². The van der Waals surface area contributed by atoms with E-state index >= 15 is 0 Å². The van der Waals surface area contributed by atoms with E-state index in [0.717, 1.165) is 12.2 Å². The molecule has 0 unspecified atom stereocenters. The van der Waals surface area contributed by atoms with Gasteiger partial charge in [-0.05, 0) is 36.2 Å². The Bertz CT molecular complexity index is 597. The molecule has 0 aliphatic rings. The normalized spacial score (nSPS) is 10.3. The molecule has 1 amide bonds. The summed E-state index contributed by atoms with van der Waals surface area (Å²) in [5.41, 5.74) is 2.44. The second-order valence-corrected chi connectivity index (χ2v) is 6.74. The zero-order valence-electron chi connectivity index (χ0n) is 13.8. The maximum atomic E-state index is 11.8. The van der Waals surface area contributed by atoms with Crippen molar-refractivity contribution in [1.29, 1.82) is 0 Å². The minimum atomic E-state index is 0.123. The zero-order valence-corrected chi connectivity index (χ0v) is 14.6. The molecule has 2 aromatic carbocycles. The molecular weight excluding hydrogens is 304 g/mol. The standard InChI is InChI=1S/C19H24N2OS/c1-21(2)17-10-8-16(9-11-17)12-14-20-19(22)13-15-23-18-6-4-3-5-7-18/h3-11H,12-15H2,1-2H3,(H,20,22). The van der Waals surface area contributed by atoms with Gasteiger partial charge in [-0.25, -0.2) is 0 Å². The highest BCUT2D eigenvalue weighted by atomic mass is 32.2. The average Bonchev–Trinajstić information content (AvgIpc) is 2.56. The van der Waals surface area contributed by atoms with Crippen LogP contribution in [0, 0.1) is 0 Å². The van der Waals surface area contributed by atoms with Crippen LogP contribution in [0.1, 0.15) is 12.0 Å². The van der Waals surface area contributed by atoms with Crippen LogP contribution in [0.25, 0.3) is 0 Å². The zero-order chi connectivity index (χ0) is 16.5. The van der Waals surface area contributed by atoms with E-state index < -0.39 is 0 Å². The monoisotopic (exact) mass is 328 g/mol. The van der Waals surface area contributed by atoms with E-state index in [9.17, 15) is 4.79 Å². The summed E-state index contributed by atoms with van der Waals surface area (Å²) in [5, 5.41) is 2.99. The average molecular weight is 328 g/mol. The number of rotatable bonds is 8. The SMILES string of the molecule is CN(C)c1ccc(CCNC(=O)CCSc2ccccc2)cc1. The van der Waals surface area contributed by atoms with Gasteiger partial charge >= 0.3 is 0 Å². The Balaban J connectivity index is 1.62. The number of benzene rings is 2. The van der Waals surface area contributed by atoms with E-state index in [4.69, 9.17) is 0 Å². The number of thioether (sulfide) groups is 1. The van der Waals surface area contributed by atoms with Crippen LogP contribution in [0.2, 0.25) is 0 Å². The third kappa shape index (κ3) is 6.37. The van der Waals surface area contributed by atoms with E-state index in [0.29, 0.717) is 13.0 Å². The summed E-state index contributed by atoms with van der Waals surface area (Å²) in [7, 11) is 4.06. The van der Waals surface area contributed by atoms with Crippen molar-refractivity contribution in [3.05, 3.63) is 60.2 Å². The fraction of sp³-hybridized carbons (Fsp3) is 0.316. The van der Waals surface area contributed by atoms with Crippen LogP contribution >= 0.6 is 11.8 Å². The first-order valence-corrected chi connectivity index (χ1v) is 8.84. The molecule has 4 heteroatoms. The van der Waals surface area contributed by atoms with Gasteiger partial charge in [0, 0.05) is 43.4 Å². The molecule has 0 aliphatic carbocycles. The molecule has 0 aromatic heterocycles. The number of nitrogens with zero attached hydrogens (tertiary/aromatic N) is 1. The summed E-state index contributed by atoms with van der Waals surface area (Å²) in [6.07, 6.45) is 1.42. The molecular formula is C19H24N2OS. The fourth-order valence-electron chi connectivity index (χ4n) is 2.17. The summed E-state index contributed by atoms with van der Waals surface area (Å²) in [5.74, 6) is 0.936. The lowest BCUT2D eigenvalue weighted by atomic mass is 10.1. The topological polar surface area (TPSA) is 32.3 Å². The second-order valence-electron chi connectivity index (χ2n) is 5.57. The Hall–Kier alpha value is -1.94. The molecule has 0 atom stereocenters. The lowest BCUT2D eigenvalue weighted by Gasteiger charge is -2.12. The Kier molecular flexibility index (Phi) is 7.01. The molecule has 23 heavy (non-hydrogen) atoms. The summed E-state index contributed by atoms with van der Waals surface area (Å²) >= 11 is 1.72. The van der Waals surface area contributed by atoms with E-state index in [2.05, 4.69) is 46.6 Å². The number of anilines is 1. The number of hydrogen-bond acceptors (Lipinski definition) is 3. The minimum Gasteiger partial charge on any atom is -0.378 e. The van der Waals surface area contributed by atoms with Gasteiger partial charge in [0.1, 0.15) is 0 Å². The highest BCUT2D eigenvalue weighted by molar-refractivity contribution is 7.99. The molecule has 0 fully saturated rings. The number of carbonyl (C=O) groups excluding carboxylic acids is 1. The predicted octanol–water partition coefficient (Wildman–Crippen LogP) is 3.59. The highest BCUT2D eigenvalue weighted by Gasteiger charge is 2.02. The van der Waals surface area contributed by atoms with Crippen molar-refractivity contribution in [2.75, 3.05) is 31.3 Å². The van der Waals surface area contributed by atoms with E-state index in [-0.39, 0.29) is 5.91 Å². The summed E-state index contributed by atoms with van der Waals surface area (Å²) in [6.45, 7) is 0.691. The number of nitrogens with one attached hydrogen (secondary N) is 1. The molecule has 0 heterocycles. The molecule has 1 N–H and O–H groups in total. The molecule has 2 rings (SSSR count). The lowest BCUT2D eigenvalue weighted by molar-refractivity contribution is -0.120. The first-order chi connectivity index (χ1) is 11.1. The van der Waals surface area contributed by atoms with Gasteiger partial charge in [-0.15, -0.1) is 11.8 Å². The first-order valence-electron chi connectivity index (χ1n) is 7.86. The molecule has 0 saturated carbocycles.